The van der Waals surface area contributed by atoms with Gasteiger partial charge in [0.2, 0.25) is 0 Å². The number of anilines is 1. The largest absolute Gasteiger partial charge is 0.322 e. The van der Waals surface area contributed by atoms with E-state index in [2.05, 4.69) is 23.3 Å². The molecule has 1 amide bonds. The van der Waals surface area contributed by atoms with E-state index >= 15 is 0 Å². The molecule has 1 aliphatic heterocycles. The Balaban J connectivity index is 1.85. The van der Waals surface area contributed by atoms with E-state index < -0.39 is 9.84 Å². The maximum absolute atomic E-state index is 12.5. The standard InChI is InChI=1S/C19H22N2O3S/c1-13-4-5-15(11-18(13)25(3,23)24)19(22)20-17-7-6-14-8-9-21(2)12-16(14)10-17/h4-7,10-11H,8-9,12H2,1-3H3,(H,20,22). The van der Waals surface area contributed by atoms with Gasteiger partial charge in [-0.1, -0.05) is 12.1 Å². The van der Waals surface area contributed by atoms with Crippen LogP contribution < -0.4 is 5.32 Å². The van der Waals surface area contributed by atoms with Crippen LogP contribution in [-0.4, -0.2) is 39.1 Å². The van der Waals surface area contributed by atoms with Crippen LogP contribution in [0.1, 0.15) is 27.0 Å². The van der Waals surface area contributed by atoms with E-state index in [1.165, 1.54) is 17.2 Å². The number of hydrogen-bond donors (Lipinski definition) is 1. The third-order valence-electron chi connectivity index (χ3n) is 4.52. The van der Waals surface area contributed by atoms with E-state index in [1.807, 2.05) is 12.1 Å². The highest BCUT2D eigenvalue weighted by molar-refractivity contribution is 7.90. The maximum atomic E-state index is 12.5. The molecule has 1 N–H and O–H groups in total. The zero-order valence-corrected chi connectivity index (χ0v) is 15.5. The van der Waals surface area contributed by atoms with E-state index in [-0.39, 0.29) is 10.8 Å². The van der Waals surface area contributed by atoms with Crippen LogP contribution in [0.4, 0.5) is 5.69 Å². The fourth-order valence-electron chi connectivity index (χ4n) is 3.12. The number of nitrogens with one attached hydrogen (secondary N) is 1. The molecule has 132 valence electrons. The summed E-state index contributed by atoms with van der Waals surface area (Å²) in [6, 6.07) is 10.7. The lowest BCUT2D eigenvalue weighted by atomic mass is 9.99. The van der Waals surface area contributed by atoms with Crippen molar-refractivity contribution in [3.8, 4) is 0 Å². The van der Waals surface area contributed by atoms with Crippen molar-refractivity contribution in [2.75, 3.05) is 25.2 Å². The summed E-state index contributed by atoms with van der Waals surface area (Å²) in [6.45, 7) is 3.62. The molecule has 0 radical (unpaired) electrons. The molecule has 2 aromatic rings. The minimum absolute atomic E-state index is 0.187. The predicted molar refractivity (Wildman–Crippen MR) is 98.7 cm³/mol. The molecule has 5 nitrogen and oxygen atoms in total. The second kappa shape index (κ2) is 6.61. The summed E-state index contributed by atoms with van der Waals surface area (Å²) in [5.74, 6) is -0.311. The third kappa shape index (κ3) is 3.91. The summed E-state index contributed by atoms with van der Waals surface area (Å²) in [6.07, 6.45) is 2.16. The van der Waals surface area contributed by atoms with Crippen LogP contribution in [0.2, 0.25) is 0 Å². The van der Waals surface area contributed by atoms with E-state index in [1.54, 1.807) is 19.1 Å². The topological polar surface area (TPSA) is 66.5 Å². The highest BCUT2D eigenvalue weighted by Crippen LogP contribution is 2.23. The SMILES string of the molecule is Cc1ccc(C(=O)Nc2ccc3c(c2)CN(C)CC3)cc1S(C)(=O)=O. The molecule has 25 heavy (non-hydrogen) atoms. The van der Waals surface area contributed by atoms with Crippen LogP contribution in [0.25, 0.3) is 0 Å². The molecule has 0 fully saturated rings. The van der Waals surface area contributed by atoms with Crippen LogP contribution in [0, 0.1) is 6.92 Å². The summed E-state index contributed by atoms with van der Waals surface area (Å²) in [5.41, 5.74) is 4.22. The van der Waals surface area contributed by atoms with E-state index in [9.17, 15) is 13.2 Å². The minimum Gasteiger partial charge on any atom is -0.322 e. The number of likely N-dealkylation sites (N-methyl/N-ethyl adjacent to an activating group) is 1. The molecular formula is C19H22N2O3S. The fraction of sp³-hybridized carbons (Fsp3) is 0.316. The molecule has 0 bridgehead atoms. The number of nitrogens with zero attached hydrogens (tertiary/aromatic N) is 1. The first kappa shape index (κ1) is 17.6. The van der Waals surface area contributed by atoms with Gasteiger partial charge >= 0.3 is 0 Å². The zero-order valence-electron chi connectivity index (χ0n) is 14.7. The number of aryl methyl sites for hydroxylation is 1. The first-order chi connectivity index (χ1) is 11.7. The van der Waals surface area contributed by atoms with Crippen molar-refractivity contribution in [2.45, 2.75) is 24.8 Å². The molecular weight excluding hydrogens is 336 g/mol. The molecule has 1 heterocycles. The van der Waals surface area contributed by atoms with Crippen molar-refractivity contribution >= 4 is 21.4 Å². The van der Waals surface area contributed by atoms with Crippen LogP contribution in [0.5, 0.6) is 0 Å². The molecule has 0 spiro atoms. The average Bonchev–Trinajstić information content (AvgIpc) is 2.53. The molecule has 2 aromatic carbocycles. The molecule has 0 aliphatic carbocycles. The van der Waals surface area contributed by atoms with Gasteiger partial charge in [-0.2, -0.15) is 0 Å². The van der Waals surface area contributed by atoms with Gasteiger partial charge in [-0.15, -0.1) is 0 Å². The van der Waals surface area contributed by atoms with Crippen molar-refractivity contribution in [3.05, 3.63) is 58.7 Å². The summed E-state index contributed by atoms with van der Waals surface area (Å²) in [5, 5.41) is 2.87. The minimum atomic E-state index is -3.37. The van der Waals surface area contributed by atoms with Gasteiger partial charge in [0.15, 0.2) is 9.84 Å². The molecule has 0 saturated heterocycles. The Morgan fingerprint density at radius 1 is 1.12 bits per heavy atom. The second-order valence-electron chi connectivity index (χ2n) is 6.68. The van der Waals surface area contributed by atoms with Gasteiger partial charge in [0.05, 0.1) is 4.90 Å². The second-order valence-corrected chi connectivity index (χ2v) is 8.66. The van der Waals surface area contributed by atoms with E-state index in [0.717, 1.165) is 31.5 Å². The number of carbonyl (C=O) groups excluding carboxylic acids is 1. The van der Waals surface area contributed by atoms with Crippen molar-refractivity contribution in [1.82, 2.24) is 4.90 Å². The summed E-state index contributed by atoms with van der Waals surface area (Å²) >= 11 is 0. The third-order valence-corrected chi connectivity index (χ3v) is 5.76. The highest BCUT2D eigenvalue weighted by Gasteiger charge is 2.16. The zero-order chi connectivity index (χ0) is 18.2. The monoisotopic (exact) mass is 358 g/mol. The summed E-state index contributed by atoms with van der Waals surface area (Å²) < 4.78 is 23.7. The lowest BCUT2D eigenvalue weighted by Crippen LogP contribution is -2.26. The van der Waals surface area contributed by atoms with Gasteiger partial charge < -0.3 is 10.2 Å². The average molecular weight is 358 g/mol. The van der Waals surface area contributed by atoms with Crippen LogP contribution in [-0.2, 0) is 22.8 Å². The lowest BCUT2D eigenvalue weighted by Gasteiger charge is -2.25. The van der Waals surface area contributed by atoms with Crippen molar-refractivity contribution in [2.24, 2.45) is 0 Å². The lowest BCUT2D eigenvalue weighted by molar-refractivity contribution is 0.102. The van der Waals surface area contributed by atoms with Gasteiger partial charge in [-0.25, -0.2) is 8.42 Å². The fourth-order valence-corrected chi connectivity index (χ4v) is 4.11. The van der Waals surface area contributed by atoms with Crippen LogP contribution in [0.3, 0.4) is 0 Å². The number of rotatable bonds is 3. The van der Waals surface area contributed by atoms with Crippen LogP contribution in [0.15, 0.2) is 41.3 Å². The van der Waals surface area contributed by atoms with Gasteiger partial charge in [0.1, 0.15) is 0 Å². The Labute approximate surface area is 148 Å². The molecule has 0 atom stereocenters. The maximum Gasteiger partial charge on any atom is 0.255 e. The molecule has 0 aromatic heterocycles. The Bertz CT molecular complexity index is 936. The first-order valence-electron chi connectivity index (χ1n) is 8.16. The number of carbonyl (C=O) groups is 1. The predicted octanol–water partition coefficient (Wildman–Crippen LogP) is 2.64. The summed E-state index contributed by atoms with van der Waals surface area (Å²) in [4.78, 5) is 15.0. The summed E-state index contributed by atoms with van der Waals surface area (Å²) in [7, 11) is -1.29. The highest BCUT2D eigenvalue weighted by atomic mass is 32.2. The van der Waals surface area contributed by atoms with Gasteiger partial charge in [0, 0.05) is 30.6 Å². The molecule has 3 rings (SSSR count). The van der Waals surface area contributed by atoms with Gasteiger partial charge in [-0.05, 0) is 61.3 Å². The Kier molecular flexibility index (Phi) is 4.67. The number of hydrogen-bond acceptors (Lipinski definition) is 4. The quantitative estimate of drug-likeness (QED) is 0.916. The number of fused-ring (bicyclic) bond motifs is 1. The number of sulfone groups is 1. The molecule has 0 unspecified atom stereocenters. The van der Waals surface area contributed by atoms with Crippen LogP contribution >= 0.6 is 0 Å². The van der Waals surface area contributed by atoms with Crippen molar-refractivity contribution in [3.63, 3.8) is 0 Å². The molecule has 1 aliphatic rings. The normalized spacial score (nSPS) is 14.8. The first-order valence-corrected chi connectivity index (χ1v) is 10.1. The smallest absolute Gasteiger partial charge is 0.255 e. The number of amides is 1. The van der Waals surface area contributed by atoms with E-state index in [4.69, 9.17) is 0 Å². The van der Waals surface area contributed by atoms with Crippen molar-refractivity contribution < 1.29 is 13.2 Å². The Morgan fingerprint density at radius 2 is 1.88 bits per heavy atom. The Morgan fingerprint density at radius 3 is 2.60 bits per heavy atom. The molecule has 6 heteroatoms. The van der Waals surface area contributed by atoms with Crippen molar-refractivity contribution in [1.29, 1.82) is 0 Å². The van der Waals surface area contributed by atoms with Gasteiger partial charge in [-0.3, -0.25) is 4.79 Å². The van der Waals surface area contributed by atoms with E-state index in [0.29, 0.717) is 11.1 Å². The Hall–Kier alpha value is -2.18. The molecule has 0 saturated carbocycles. The number of benzene rings is 2. The van der Waals surface area contributed by atoms with Gasteiger partial charge in [0.25, 0.3) is 5.91 Å².